The molecule has 19 heavy (non-hydrogen) atoms. The van der Waals surface area contributed by atoms with Crippen molar-refractivity contribution in [3.63, 3.8) is 0 Å². The number of rotatable bonds is 4. The summed E-state index contributed by atoms with van der Waals surface area (Å²) in [5.41, 5.74) is 1.65. The number of hydrogen-bond donors (Lipinski definition) is 1. The van der Waals surface area contributed by atoms with Gasteiger partial charge < -0.3 is 0 Å². The largest absolute Gasteiger partial charge is 0.241 e. The molecule has 106 valence electrons. The van der Waals surface area contributed by atoms with E-state index in [2.05, 4.69) is 48.0 Å². The van der Waals surface area contributed by atoms with Gasteiger partial charge in [0.1, 0.15) is 0 Å². The molecule has 0 fully saturated rings. The lowest BCUT2D eigenvalue weighted by atomic mass is 9.87. The molecule has 0 aliphatic rings. The first kappa shape index (κ1) is 16.4. The van der Waals surface area contributed by atoms with Gasteiger partial charge >= 0.3 is 0 Å². The average molecular weight is 346 g/mol. The highest BCUT2D eigenvalue weighted by Gasteiger charge is 2.21. The van der Waals surface area contributed by atoms with Crippen molar-refractivity contribution in [2.45, 2.75) is 38.0 Å². The molecule has 0 saturated heterocycles. The first-order valence-electron chi connectivity index (χ1n) is 5.98. The van der Waals surface area contributed by atoms with E-state index >= 15 is 0 Å². The molecule has 0 bridgehead atoms. The summed E-state index contributed by atoms with van der Waals surface area (Å²) in [4.78, 5) is 0.327. The first-order chi connectivity index (χ1) is 8.54. The molecule has 0 aliphatic carbocycles. The van der Waals surface area contributed by atoms with E-state index in [1.807, 2.05) is 12.1 Å². The first-order valence-corrected chi connectivity index (χ1v) is 8.26. The minimum atomic E-state index is -3.51. The minimum Gasteiger partial charge on any atom is -0.207 e. The summed E-state index contributed by atoms with van der Waals surface area (Å²) in [6.07, 6.45) is 0. The molecule has 0 aromatic heterocycles. The standard InChI is InChI=1S/C14H20BrNO2S/c1-10-6-7-12(14(3,4)5)8-13(10)19(17,18)16-9-11(2)15/h6-8,16H,2,9H2,1,3-5H3. The van der Waals surface area contributed by atoms with Crippen molar-refractivity contribution in [3.8, 4) is 0 Å². The summed E-state index contributed by atoms with van der Waals surface area (Å²) in [6.45, 7) is 11.8. The van der Waals surface area contributed by atoms with Gasteiger partial charge in [-0.05, 0) is 29.5 Å². The lowest BCUT2D eigenvalue weighted by Gasteiger charge is -2.20. The monoisotopic (exact) mass is 345 g/mol. The van der Waals surface area contributed by atoms with E-state index < -0.39 is 10.0 Å². The Hall–Kier alpha value is -0.650. The number of benzene rings is 1. The van der Waals surface area contributed by atoms with Gasteiger partial charge in [0, 0.05) is 11.0 Å². The number of halogens is 1. The molecular formula is C14H20BrNO2S. The molecule has 0 spiro atoms. The minimum absolute atomic E-state index is 0.0863. The van der Waals surface area contributed by atoms with E-state index in [0.29, 0.717) is 9.38 Å². The molecule has 0 aliphatic heterocycles. The predicted molar refractivity (Wildman–Crippen MR) is 83.1 cm³/mol. The Morgan fingerprint density at radius 2 is 1.95 bits per heavy atom. The smallest absolute Gasteiger partial charge is 0.207 e. The summed E-state index contributed by atoms with van der Waals surface area (Å²) in [5, 5.41) is 0. The van der Waals surface area contributed by atoms with Gasteiger partial charge in [-0.2, -0.15) is 0 Å². The van der Waals surface area contributed by atoms with E-state index in [0.717, 1.165) is 11.1 Å². The SMILES string of the molecule is C=C(Br)CNS(=O)(=O)c1cc(C(C)(C)C)ccc1C. The second kappa shape index (κ2) is 5.77. The fraction of sp³-hybridized carbons (Fsp3) is 0.429. The molecule has 0 saturated carbocycles. The third kappa shape index (κ3) is 4.44. The van der Waals surface area contributed by atoms with Crippen molar-refractivity contribution >= 4 is 26.0 Å². The summed E-state index contributed by atoms with van der Waals surface area (Å²) < 4.78 is 27.6. The van der Waals surface area contributed by atoms with Crippen molar-refractivity contribution in [2.75, 3.05) is 6.54 Å². The van der Waals surface area contributed by atoms with E-state index in [1.165, 1.54) is 0 Å². The second-order valence-corrected chi connectivity index (χ2v) is 8.43. The Labute approximate surface area is 124 Å². The maximum Gasteiger partial charge on any atom is 0.241 e. The van der Waals surface area contributed by atoms with Crippen LogP contribution in [0.3, 0.4) is 0 Å². The molecule has 0 amide bonds. The highest BCUT2D eigenvalue weighted by molar-refractivity contribution is 9.11. The molecule has 1 N–H and O–H groups in total. The van der Waals surface area contributed by atoms with Crippen molar-refractivity contribution in [1.82, 2.24) is 4.72 Å². The topological polar surface area (TPSA) is 46.2 Å². The Bertz CT molecular complexity index is 586. The molecule has 0 unspecified atom stereocenters. The van der Waals surface area contributed by atoms with Crippen LogP contribution in [-0.2, 0) is 15.4 Å². The van der Waals surface area contributed by atoms with Gasteiger partial charge in [-0.3, -0.25) is 0 Å². The number of sulfonamides is 1. The fourth-order valence-corrected chi connectivity index (χ4v) is 3.23. The van der Waals surface area contributed by atoms with Crippen LogP contribution in [0, 0.1) is 6.92 Å². The lowest BCUT2D eigenvalue weighted by Crippen LogP contribution is -2.26. The molecule has 1 aromatic carbocycles. The van der Waals surface area contributed by atoms with Crippen LogP contribution >= 0.6 is 15.9 Å². The molecule has 0 atom stereocenters. The predicted octanol–water partition coefficient (Wildman–Crippen LogP) is 3.48. The quantitative estimate of drug-likeness (QED) is 0.907. The normalized spacial score (nSPS) is 12.5. The number of nitrogens with one attached hydrogen (secondary N) is 1. The van der Waals surface area contributed by atoms with E-state index in [4.69, 9.17) is 0 Å². The lowest BCUT2D eigenvalue weighted by molar-refractivity contribution is 0.578. The van der Waals surface area contributed by atoms with E-state index in [-0.39, 0.29) is 12.0 Å². The summed E-state index contributed by atoms with van der Waals surface area (Å²) in [6, 6.07) is 5.56. The molecule has 0 radical (unpaired) electrons. The van der Waals surface area contributed by atoms with Gasteiger partial charge in [-0.15, -0.1) is 0 Å². The maximum atomic E-state index is 12.3. The van der Waals surface area contributed by atoms with Gasteiger partial charge in [0.25, 0.3) is 0 Å². The zero-order chi connectivity index (χ0) is 14.8. The number of hydrogen-bond acceptors (Lipinski definition) is 2. The molecule has 1 rings (SSSR count). The average Bonchev–Trinajstić information content (AvgIpc) is 2.25. The van der Waals surface area contributed by atoms with Crippen LogP contribution in [0.2, 0.25) is 0 Å². The third-order valence-corrected chi connectivity index (χ3v) is 4.62. The van der Waals surface area contributed by atoms with E-state index in [1.54, 1.807) is 13.0 Å². The maximum absolute atomic E-state index is 12.3. The van der Waals surface area contributed by atoms with Crippen molar-refractivity contribution in [1.29, 1.82) is 0 Å². The van der Waals surface area contributed by atoms with Gasteiger partial charge in [0.2, 0.25) is 10.0 Å². The Morgan fingerprint density at radius 1 is 1.37 bits per heavy atom. The summed E-state index contributed by atoms with van der Waals surface area (Å²) >= 11 is 3.14. The van der Waals surface area contributed by atoms with Crippen molar-refractivity contribution in [2.24, 2.45) is 0 Å². The van der Waals surface area contributed by atoms with E-state index in [9.17, 15) is 8.42 Å². The van der Waals surface area contributed by atoms with Crippen LogP contribution < -0.4 is 4.72 Å². The molecule has 5 heteroatoms. The highest BCUT2D eigenvalue weighted by atomic mass is 79.9. The van der Waals surface area contributed by atoms with Gasteiger partial charge in [0.15, 0.2) is 0 Å². The van der Waals surface area contributed by atoms with Crippen LogP contribution in [-0.4, -0.2) is 15.0 Å². The third-order valence-electron chi connectivity index (χ3n) is 2.80. The molecule has 3 nitrogen and oxygen atoms in total. The van der Waals surface area contributed by atoms with Crippen LogP contribution in [0.5, 0.6) is 0 Å². The van der Waals surface area contributed by atoms with Crippen LogP contribution in [0.4, 0.5) is 0 Å². The van der Waals surface area contributed by atoms with Crippen LogP contribution in [0.1, 0.15) is 31.9 Å². The van der Waals surface area contributed by atoms with Crippen LogP contribution in [0.25, 0.3) is 0 Å². The highest BCUT2D eigenvalue weighted by Crippen LogP contribution is 2.26. The van der Waals surface area contributed by atoms with Crippen molar-refractivity contribution in [3.05, 3.63) is 40.4 Å². The van der Waals surface area contributed by atoms with Crippen LogP contribution in [0.15, 0.2) is 34.2 Å². The van der Waals surface area contributed by atoms with Gasteiger partial charge in [-0.25, -0.2) is 13.1 Å². The second-order valence-electron chi connectivity index (χ2n) is 5.57. The zero-order valence-corrected chi connectivity index (χ0v) is 14.2. The Balaban J connectivity index is 3.22. The van der Waals surface area contributed by atoms with Gasteiger partial charge in [-0.1, -0.05) is 55.4 Å². The van der Waals surface area contributed by atoms with Crippen molar-refractivity contribution < 1.29 is 8.42 Å². The fourth-order valence-electron chi connectivity index (χ4n) is 1.61. The zero-order valence-electron chi connectivity index (χ0n) is 11.7. The van der Waals surface area contributed by atoms with Gasteiger partial charge in [0.05, 0.1) is 4.90 Å². The number of aryl methyl sites for hydroxylation is 1. The molecular weight excluding hydrogens is 326 g/mol. The summed E-state index contributed by atoms with van der Waals surface area (Å²) in [5.74, 6) is 0. The molecule has 0 heterocycles. The molecule has 1 aromatic rings. The Kier molecular flexibility index (Phi) is 4.98. The summed E-state index contributed by atoms with van der Waals surface area (Å²) in [7, 11) is -3.51. The Morgan fingerprint density at radius 3 is 2.42 bits per heavy atom.